The Morgan fingerprint density at radius 3 is 2.39 bits per heavy atom. The van der Waals surface area contributed by atoms with Crippen LogP contribution in [0.5, 0.6) is 0 Å². The van der Waals surface area contributed by atoms with Gasteiger partial charge in [-0.05, 0) is 19.4 Å². The van der Waals surface area contributed by atoms with Gasteiger partial charge in [0.2, 0.25) is 0 Å². The average Bonchev–Trinajstić information content (AvgIpc) is 2.52. The number of benzene rings is 1. The molecule has 6 heteroatoms. The Labute approximate surface area is 135 Å². The minimum Gasteiger partial charge on any atom is -0.511 e. The van der Waals surface area contributed by atoms with Crippen LogP contribution in [0.3, 0.4) is 0 Å². The molecular formula is C17H21NO5. The van der Waals surface area contributed by atoms with Gasteiger partial charge < -0.3 is 14.6 Å². The number of carbonyl (C=O) groups excluding carboxylic acids is 2. The molecule has 23 heavy (non-hydrogen) atoms. The number of rotatable bonds is 8. The van der Waals surface area contributed by atoms with Crippen LogP contribution >= 0.6 is 0 Å². The van der Waals surface area contributed by atoms with E-state index in [2.05, 4.69) is 4.99 Å². The molecule has 1 N–H and O–H groups in total. The maximum atomic E-state index is 11.9. The molecule has 124 valence electrons. The average molecular weight is 319 g/mol. The van der Waals surface area contributed by atoms with Crippen molar-refractivity contribution < 1.29 is 24.2 Å². The van der Waals surface area contributed by atoms with Crippen LogP contribution in [0.25, 0.3) is 0 Å². The van der Waals surface area contributed by atoms with Gasteiger partial charge >= 0.3 is 11.9 Å². The summed E-state index contributed by atoms with van der Waals surface area (Å²) in [5, 5.41) is 9.99. The van der Waals surface area contributed by atoms with Crippen LogP contribution < -0.4 is 0 Å². The summed E-state index contributed by atoms with van der Waals surface area (Å²) >= 11 is 0. The number of ether oxygens (including phenoxy) is 2. The van der Waals surface area contributed by atoms with E-state index in [-0.39, 0.29) is 18.8 Å². The van der Waals surface area contributed by atoms with Gasteiger partial charge in [-0.15, -0.1) is 0 Å². The molecule has 0 aliphatic carbocycles. The summed E-state index contributed by atoms with van der Waals surface area (Å²) in [5.74, 6) is -1.77. The molecule has 0 heterocycles. The largest absolute Gasteiger partial charge is 0.511 e. The fraction of sp³-hybridized carbons (Fsp3) is 0.353. The third-order valence-corrected chi connectivity index (χ3v) is 2.76. The first-order chi connectivity index (χ1) is 11.1. The molecule has 0 saturated carbocycles. The van der Waals surface area contributed by atoms with Gasteiger partial charge in [-0.25, -0.2) is 4.79 Å². The number of carbonyl (C=O) groups is 2. The second kappa shape index (κ2) is 10.2. The molecule has 0 spiro atoms. The van der Waals surface area contributed by atoms with Crippen LogP contribution in [0.2, 0.25) is 0 Å². The molecule has 0 saturated heterocycles. The van der Waals surface area contributed by atoms with Crippen molar-refractivity contribution in [1.29, 1.82) is 0 Å². The van der Waals surface area contributed by atoms with Gasteiger partial charge in [0.1, 0.15) is 17.8 Å². The van der Waals surface area contributed by atoms with Crippen molar-refractivity contribution in [3.05, 3.63) is 47.2 Å². The summed E-state index contributed by atoms with van der Waals surface area (Å²) in [6, 6.07) is 9.44. The van der Waals surface area contributed by atoms with E-state index in [1.54, 1.807) is 13.8 Å². The lowest BCUT2D eigenvalue weighted by Gasteiger charge is -2.06. The summed E-state index contributed by atoms with van der Waals surface area (Å²) < 4.78 is 9.62. The maximum absolute atomic E-state index is 11.9. The van der Waals surface area contributed by atoms with Crippen molar-refractivity contribution >= 4 is 18.2 Å². The number of hydrogen-bond donors (Lipinski definition) is 1. The van der Waals surface area contributed by atoms with E-state index >= 15 is 0 Å². The molecule has 0 bridgehead atoms. The quantitative estimate of drug-likeness (QED) is 0.344. The molecular weight excluding hydrogens is 298 g/mol. The highest BCUT2D eigenvalue weighted by molar-refractivity contribution is 6.10. The Hall–Kier alpha value is -2.63. The van der Waals surface area contributed by atoms with Gasteiger partial charge in [0.05, 0.1) is 19.8 Å². The minimum absolute atomic E-state index is 0.143. The van der Waals surface area contributed by atoms with Gasteiger partial charge in [0.25, 0.3) is 0 Å². The van der Waals surface area contributed by atoms with Crippen molar-refractivity contribution in [2.75, 3.05) is 13.2 Å². The van der Waals surface area contributed by atoms with Crippen molar-refractivity contribution in [2.45, 2.75) is 26.8 Å². The lowest BCUT2D eigenvalue weighted by atomic mass is 10.2. The fourth-order valence-electron chi connectivity index (χ4n) is 1.72. The van der Waals surface area contributed by atoms with Crippen molar-refractivity contribution in [2.24, 2.45) is 4.99 Å². The fourth-order valence-corrected chi connectivity index (χ4v) is 1.72. The predicted molar refractivity (Wildman–Crippen MR) is 86.2 cm³/mol. The van der Waals surface area contributed by atoms with Crippen molar-refractivity contribution in [3.8, 4) is 0 Å². The highest BCUT2D eigenvalue weighted by atomic mass is 16.5. The highest BCUT2D eigenvalue weighted by Gasteiger charge is 2.17. The number of aliphatic hydroxyl groups is 1. The maximum Gasteiger partial charge on any atom is 0.343 e. The number of hydrogen-bond acceptors (Lipinski definition) is 6. The zero-order valence-electron chi connectivity index (χ0n) is 13.3. The Balaban J connectivity index is 2.86. The molecule has 6 nitrogen and oxygen atoms in total. The van der Waals surface area contributed by atoms with Gasteiger partial charge in [0.15, 0.2) is 0 Å². The number of esters is 2. The Morgan fingerprint density at radius 1 is 1.13 bits per heavy atom. The number of aliphatic imine (C=N–C) groups is 1. The first-order valence-corrected chi connectivity index (χ1v) is 7.37. The summed E-state index contributed by atoms with van der Waals surface area (Å²) in [5.41, 5.74) is 0.813. The first-order valence-electron chi connectivity index (χ1n) is 7.37. The van der Waals surface area contributed by atoms with E-state index in [1.807, 2.05) is 30.3 Å². The van der Waals surface area contributed by atoms with E-state index in [0.29, 0.717) is 6.54 Å². The van der Waals surface area contributed by atoms with Crippen molar-refractivity contribution in [1.82, 2.24) is 0 Å². The molecule has 0 atom stereocenters. The summed E-state index contributed by atoms with van der Waals surface area (Å²) in [6.07, 6.45) is 0.818. The zero-order valence-corrected chi connectivity index (χ0v) is 13.3. The second-order valence-electron chi connectivity index (χ2n) is 4.52. The Bertz CT molecular complexity index is 578. The predicted octanol–water partition coefficient (Wildman–Crippen LogP) is 2.59. The van der Waals surface area contributed by atoms with Crippen LogP contribution in [0.15, 0.2) is 46.7 Å². The molecule has 0 aromatic heterocycles. The number of aliphatic hydroxyl groups excluding tert-OH is 1. The molecule has 0 unspecified atom stereocenters. The molecule has 0 radical (unpaired) electrons. The Morgan fingerprint density at radius 2 is 1.78 bits per heavy atom. The monoisotopic (exact) mass is 319 g/mol. The molecule has 0 aliphatic rings. The van der Waals surface area contributed by atoms with Crippen LogP contribution in [0.1, 0.15) is 25.8 Å². The van der Waals surface area contributed by atoms with Crippen LogP contribution in [-0.2, 0) is 25.6 Å². The standard InChI is InChI=1S/C17H21NO5/c1-3-22-16(20)10-15(19)14(17(21)23-4-2)12-18-11-13-8-6-5-7-9-13/h5-9,12,19H,3-4,10-11H2,1-2H3/b15-14-,18-12?. The van der Waals surface area contributed by atoms with E-state index < -0.39 is 24.1 Å². The first kappa shape index (κ1) is 18.4. The van der Waals surface area contributed by atoms with Gasteiger partial charge in [-0.3, -0.25) is 9.79 Å². The Kier molecular flexibility index (Phi) is 8.13. The summed E-state index contributed by atoms with van der Waals surface area (Å²) in [4.78, 5) is 27.4. The highest BCUT2D eigenvalue weighted by Crippen LogP contribution is 2.09. The smallest absolute Gasteiger partial charge is 0.343 e. The number of nitrogens with zero attached hydrogens (tertiary/aromatic N) is 1. The van der Waals surface area contributed by atoms with E-state index in [0.717, 1.165) is 5.56 Å². The topological polar surface area (TPSA) is 85.2 Å². The van der Waals surface area contributed by atoms with Crippen LogP contribution in [0.4, 0.5) is 0 Å². The van der Waals surface area contributed by atoms with Gasteiger partial charge in [-0.2, -0.15) is 0 Å². The van der Waals surface area contributed by atoms with Crippen molar-refractivity contribution in [3.63, 3.8) is 0 Å². The lowest BCUT2D eigenvalue weighted by Crippen LogP contribution is -2.14. The van der Waals surface area contributed by atoms with Gasteiger partial charge in [-0.1, -0.05) is 30.3 Å². The lowest BCUT2D eigenvalue weighted by molar-refractivity contribution is -0.142. The molecule has 1 aromatic rings. The zero-order chi connectivity index (χ0) is 17.1. The second-order valence-corrected chi connectivity index (χ2v) is 4.52. The minimum atomic E-state index is -0.730. The molecule has 0 aliphatic heterocycles. The summed E-state index contributed by atoms with van der Waals surface area (Å²) in [7, 11) is 0. The van der Waals surface area contributed by atoms with E-state index in [4.69, 9.17) is 9.47 Å². The molecule has 1 aromatic carbocycles. The van der Waals surface area contributed by atoms with Gasteiger partial charge in [0, 0.05) is 6.21 Å². The van der Waals surface area contributed by atoms with Crippen LogP contribution in [-0.4, -0.2) is 36.5 Å². The molecule has 1 rings (SSSR count). The summed E-state index contributed by atoms with van der Waals surface area (Å²) in [6.45, 7) is 4.01. The van der Waals surface area contributed by atoms with Crippen LogP contribution in [0, 0.1) is 0 Å². The van der Waals surface area contributed by atoms with E-state index in [1.165, 1.54) is 6.21 Å². The molecule has 0 fully saturated rings. The van der Waals surface area contributed by atoms with E-state index in [9.17, 15) is 14.7 Å². The normalized spacial score (nSPS) is 11.9. The third-order valence-electron chi connectivity index (χ3n) is 2.76. The molecule has 0 amide bonds. The third kappa shape index (κ3) is 6.78. The SMILES string of the molecule is CCOC(=O)C/C(O)=C(\C=NCc1ccccc1)C(=O)OCC.